The van der Waals surface area contributed by atoms with Crippen LogP contribution in [0.1, 0.15) is 18.9 Å². The van der Waals surface area contributed by atoms with E-state index < -0.39 is 0 Å². The molecule has 0 atom stereocenters. The molecular weight excluding hydrogens is 270 g/mol. The van der Waals surface area contributed by atoms with Gasteiger partial charge in [-0.15, -0.1) is 0 Å². The van der Waals surface area contributed by atoms with Crippen LogP contribution in [0, 0.1) is 6.92 Å². The third-order valence-corrected chi connectivity index (χ3v) is 3.98. The molecule has 0 bridgehead atoms. The van der Waals surface area contributed by atoms with E-state index in [0.717, 1.165) is 23.8 Å². The number of hydrogen-bond acceptors (Lipinski definition) is 5. The fourth-order valence-electron chi connectivity index (χ4n) is 1.76. The van der Waals surface area contributed by atoms with Crippen LogP contribution in [0.2, 0.25) is 0 Å². The molecule has 2 rings (SSSR count). The first-order chi connectivity index (χ1) is 9.76. The molecule has 2 aromatic rings. The summed E-state index contributed by atoms with van der Waals surface area (Å²) in [6.07, 6.45) is 2.61. The van der Waals surface area contributed by atoms with Crippen LogP contribution in [-0.4, -0.2) is 23.6 Å². The molecule has 0 radical (unpaired) electrons. The highest BCUT2D eigenvalue weighted by molar-refractivity contribution is 7.99. The Morgan fingerprint density at radius 1 is 1.25 bits per heavy atom. The SMILES string of the molecule is CCCNc1ncnc(Sc2ccccc2C)c1OC. The van der Waals surface area contributed by atoms with Crippen LogP contribution in [-0.2, 0) is 0 Å². The van der Waals surface area contributed by atoms with Crippen LogP contribution in [0.3, 0.4) is 0 Å². The number of aromatic nitrogens is 2. The number of benzene rings is 1. The van der Waals surface area contributed by atoms with E-state index in [0.29, 0.717) is 5.75 Å². The lowest BCUT2D eigenvalue weighted by Crippen LogP contribution is -2.05. The van der Waals surface area contributed by atoms with E-state index in [1.807, 2.05) is 12.1 Å². The summed E-state index contributed by atoms with van der Waals surface area (Å²) >= 11 is 1.60. The number of rotatable bonds is 6. The van der Waals surface area contributed by atoms with Crippen molar-refractivity contribution in [1.29, 1.82) is 0 Å². The van der Waals surface area contributed by atoms with Crippen molar-refractivity contribution in [3.8, 4) is 5.75 Å². The Hall–Kier alpha value is -1.75. The maximum absolute atomic E-state index is 5.48. The summed E-state index contributed by atoms with van der Waals surface area (Å²) in [5.41, 5.74) is 1.22. The number of aryl methyl sites for hydroxylation is 1. The first kappa shape index (κ1) is 14.7. The van der Waals surface area contributed by atoms with Crippen LogP contribution >= 0.6 is 11.8 Å². The average molecular weight is 289 g/mol. The first-order valence-electron chi connectivity index (χ1n) is 6.62. The van der Waals surface area contributed by atoms with Crippen LogP contribution in [0.15, 0.2) is 40.5 Å². The summed E-state index contributed by atoms with van der Waals surface area (Å²) < 4.78 is 5.48. The molecule has 0 aliphatic carbocycles. The summed E-state index contributed by atoms with van der Waals surface area (Å²) in [6, 6.07) is 8.23. The molecule has 0 unspecified atom stereocenters. The van der Waals surface area contributed by atoms with Crippen LogP contribution < -0.4 is 10.1 Å². The predicted octanol–water partition coefficient (Wildman–Crippen LogP) is 3.77. The van der Waals surface area contributed by atoms with Crippen molar-refractivity contribution < 1.29 is 4.74 Å². The molecule has 0 spiro atoms. The van der Waals surface area contributed by atoms with Gasteiger partial charge >= 0.3 is 0 Å². The number of anilines is 1. The van der Waals surface area contributed by atoms with Crippen LogP contribution in [0.5, 0.6) is 5.75 Å². The van der Waals surface area contributed by atoms with E-state index in [1.54, 1.807) is 25.2 Å². The van der Waals surface area contributed by atoms with Crippen LogP contribution in [0.4, 0.5) is 5.82 Å². The second-order valence-corrected chi connectivity index (χ2v) is 5.39. The van der Waals surface area contributed by atoms with Crippen LogP contribution in [0.25, 0.3) is 0 Å². The van der Waals surface area contributed by atoms with Crippen molar-refractivity contribution in [2.24, 2.45) is 0 Å². The van der Waals surface area contributed by atoms with Crippen molar-refractivity contribution in [1.82, 2.24) is 9.97 Å². The monoisotopic (exact) mass is 289 g/mol. The minimum Gasteiger partial charge on any atom is -0.490 e. The lowest BCUT2D eigenvalue weighted by Gasteiger charge is -2.13. The molecule has 1 N–H and O–H groups in total. The van der Waals surface area contributed by atoms with Crippen molar-refractivity contribution in [3.05, 3.63) is 36.2 Å². The Labute approximate surface area is 124 Å². The second-order valence-electron chi connectivity index (χ2n) is 4.36. The average Bonchev–Trinajstić information content (AvgIpc) is 2.47. The van der Waals surface area contributed by atoms with Gasteiger partial charge in [0.15, 0.2) is 11.6 Å². The molecule has 20 heavy (non-hydrogen) atoms. The highest BCUT2D eigenvalue weighted by Crippen LogP contribution is 2.37. The molecule has 0 saturated carbocycles. The highest BCUT2D eigenvalue weighted by atomic mass is 32.2. The van der Waals surface area contributed by atoms with Gasteiger partial charge in [0.1, 0.15) is 11.4 Å². The molecule has 106 valence electrons. The van der Waals surface area contributed by atoms with E-state index in [-0.39, 0.29) is 0 Å². The highest BCUT2D eigenvalue weighted by Gasteiger charge is 2.13. The molecule has 4 nitrogen and oxygen atoms in total. The van der Waals surface area contributed by atoms with Gasteiger partial charge in [-0.1, -0.05) is 36.9 Å². The van der Waals surface area contributed by atoms with Gasteiger partial charge in [-0.2, -0.15) is 0 Å². The summed E-state index contributed by atoms with van der Waals surface area (Å²) in [7, 11) is 1.65. The minimum atomic E-state index is 0.703. The van der Waals surface area contributed by atoms with E-state index in [4.69, 9.17) is 4.74 Å². The Bertz CT molecular complexity index is 575. The Morgan fingerprint density at radius 2 is 2.05 bits per heavy atom. The zero-order valence-electron chi connectivity index (χ0n) is 12.0. The molecule has 0 saturated heterocycles. The van der Waals surface area contributed by atoms with Gasteiger partial charge < -0.3 is 10.1 Å². The zero-order valence-corrected chi connectivity index (χ0v) is 12.8. The topological polar surface area (TPSA) is 47.0 Å². The molecule has 1 aromatic heterocycles. The number of nitrogens with zero attached hydrogens (tertiary/aromatic N) is 2. The lowest BCUT2D eigenvalue weighted by atomic mass is 10.2. The quantitative estimate of drug-likeness (QED) is 0.820. The lowest BCUT2D eigenvalue weighted by molar-refractivity contribution is 0.400. The molecule has 5 heteroatoms. The maximum atomic E-state index is 5.48. The van der Waals surface area contributed by atoms with Gasteiger partial charge in [0, 0.05) is 11.4 Å². The van der Waals surface area contributed by atoms with E-state index in [9.17, 15) is 0 Å². The predicted molar refractivity (Wildman–Crippen MR) is 82.7 cm³/mol. The number of methoxy groups -OCH3 is 1. The van der Waals surface area contributed by atoms with Crippen molar-refractivity contribution >= 4 is 17.6 Å². The van der Waals surface area contributed by atoms with Gasteiger partial charge in [-0.25, -0.2) is 9.97 Å². The van der Waals surface area contributed by atoms with Gasteiger partial charge in [0.2, 0.25) is 0 Å². The third-order valence-electron chi connectivity index (χ3n) is 2.82. The summed E-state index contributed by atoms with van der Waals surface area (Å²) in [4.78, 5) is 9.76. The summed E-state index contributed by atoms with van der Waals surface area (Å²) in [6.45, 7) is 5.07. The smallest absolute Gasteiger partial charge is 0.194 e. The number of ether oxygens (including phenoxy) is 1. The Morgan fingerprint density at radius 3 is 2.75 bits per heavy atom. The molecule has 1 aromatic carbocycles. The summed E-state index contributed by atoms with van der Waals surface area (Å²) in [5.74, 6) is 1.45. The van der Waals surface area contributed by atoms with Gasteiger partial charge in [-0.3, -0.25) is 0 Å². The molecule has 0 aliphatic rings. The largest absolute Gasteiger partial charge is 0.490 e. The Kier molecular flexibility index (Phi) is 5.24. The Balaban J connectivity index is 2.29. The number of hydrogen-bond donors (Lipinski definition) is 1. The van der Waals surface area contributed by atoms with Crippen molar-refractivity contribution in [2.75, 3.05) is 19.0 Å². The van der Waals surface area contributed by atoms with E-state index in [2.05, 4.69) is 41.3 Å². The molecule has 0 fully saturated rings. The zero-order chi connectivity index (χ0) is 14.4. The standard InChI is InChI=1S/C15H19N3OS/c1-4-9-16-14-13(19-3)15(18-10-17-14)20-12-8-6-5-7-11(12)2/h5-8,10H,4,9H2,1-3H3,(H,16,17,18). The van der Waals surface area contributed by atoms with Crippen molar-refractivity contribution in [3.63, 3.8) is 0 Å². The first-order valence-corrected chi connectivity index (χ1v) is 7.44. The van der Waals surface area contributed by atoms with E-state index >= 15 is 0 Å². The fourth-order valence-corrected chi connectivity index (χ4v) is 2.72. The fraction of sp³-hybridized carbons (Fsp3) is 0.333. The second kappa shape index (κ2) is 7.14. The minimum absolute atomic E-state index is 0.703. The normalized spacial score (nSPS) is 10.3. The number of nitrogens with one attached hydrogen (secondary N) is 1. The molecular formula is C15H19N3OS. The summed E-state index contributed by atoms with van der Waals surface area (Å²) in [5, 5.41) is 4.09. The molecule has 0 amide bonds. The maximum Gasteiger partial charge on any atom is 0.194 e. The van der Waals surface area contributed by atoms with Gasteiger partial charge in [0.25, 0.3) is 0 Å². The third kappa shape index (κ3) is 3.42. The van der Waals surface area contributed by atoms with Gasteiger partial charge in [0.05, 0.1) is 7.11 Å². The van der Waals surface area contributed by atoms with Gasteiger partial charge in [-0.05, 0) is 25.0 Å². The molecule has 1 heterocycles. The van der Waals surface area contributed by atoms with E-state index in [1.165, 1.54) is 10.5 Å². The van der Waals surface area contributed by atoms with Crippen molar-refractivity contribution in [2.45, 2.75) is 30.2 Å². The molecule has 0 aliphatic heterocycles.